The molecule has 0 saturated heterocycles. The largest absolute Gasteiger partial charge is 0.494 e. The number of aromatic nitrogens is 1. The Morgan fingerprint density at radius 2 is 2.06 bits per heavy atom. The van der Waals surface area contributed by atoms with Crippen LogP contribution in [0.5, 0.6) is 5.75 Å². The van der Waals surface area contributed by atoms with Crippen LogP contribution in [0.3, 0.4) is 0 Å². The minimum absolute atomic E-state index is 0.697. The summed E-state index contributed by atoms with van der Waals surface area (Å²) < 4.78 is 7.72. The Hall–Kier alpha value is -1.90. The first-order chi connectivity index (χ1) is 8.83. The number of ether oxygens (including phenoxy) is 1. The Balaban J connectivity index is 1.99. The van der Waals surface area contributed by atoms with E-state index in [4.69, 9.17) is 4.74 Å². The highest BCUT2D eigenvalue weighted by Gasteiger charge is 2.00. The summed E-state index contributed by atoms with van der Waals surface area (Å²) in [4.78, 5) is 0. The van der Waals surface area contributed by atoms with Crippen LogP contribution in [0.25, 0.3) is 0 Å². The van der Waals surface area contributed by atoms with Gasteiger partial charge in [0.05, 0.1) is 13.2 Å². The average molecular weight is 244 g/mol. The molecule has 0 fully saturated rings. The minimum Gasteiger partial charge on any atom is -0.494 e. The number of rotatable bonds is 6. The number of anilines is 1. The van der Waals surface area contributed by atoms with Gasteiger partial charge in [0, 0.05) is 30.2 Å². The third-order valence-electron chi connectivity index (χ3n) is 2.88. The van der Waals surface area contributed by atoms with Crippen LogP contribution in [-0.4, -0.2) is 11.2 Å². The van der Waals surface area contributed by atoms with Crippen molar-refractivity contribution in [3.05, 3.63) is 48.3 Å². The van der Waals surface area contributed by atoms with Crippen LogP contribution in [0.4, 0.5) is 5.69 Å². The molecule has 18 heavy (non-hydrogen) atoms. The van der Waals surface area contributed by atoms with Gasteiger partial charge in [-0.1, -0.05) is 6.07 Å². The van der Waals surface area contributed by atoms with E-state index in [-0.39, 0.29) is 0 Å². The van der Waals surface area contributed by atoms with Gasteiger partial charge >= 0.3 is 0 Å². The Labute approximate surface area is 108 Å². The van der Waals surface area contributed by atoms with Gasteiger partial charge in [0.15, 0.2) is 0 Å². The van der Waals surface area contributed by atoms with Gasteiger partial charge in [0.25, 0.3) is 0 Å². The Kier molecular flexibility index (Phi) is 4.29. The lowest BCUT2D eigenvalue weighted by molar-refractivity contribution is 0.340. The van der Waals surface area contributed by atoms with Crippen molar-refractivity contribution in [2.45, 2.75) is 26.9 Å². The van der Waals surface area contributed by atoms with E-state index in [0.29, 0.717) is 6.61 Å². The lowest BCUT2D eigenvalue weighted by Gasteiger charge is -2.10. The van der Waals surface area contributed by atoms with Crippen molar-refractivity contribution in [2.75, 3.05) is 11.9 Å². The van der Waals surface area contributed by atoms with Gasteiger partial charge in [-0.15, -0.1) is 0 Å². The molecule has 0 amide bonds. The first-order valence-electron chi connectivity index (χ1n) is 6.44. The molecule has 0 bridgehead atoms. The number of hydrogen-bond donors (Lipinski definition) is 1. The van der Waals surface area contributed by atoms with E-state index in [0.717, 1.165) is 24.5 Å². The SMILES string of the molecule is CCOc1cccc(NCc2cccn2CC)c1. The molecule has 1 heterocycles. The summed E-state index contributed by atoms with van der Waals surface area (Å²) >= 11 is 0. The van der Waals surface area contributed by atoms with Gasteiger partial charge in [-0.25, -0.2) is 0 Å². The van der Waals surface area contributed by atoms with Crippen LogP contribution in [0.15, 0.2) is 42.6 Å². The Morgan fingerprint density at radius 3 is 2.83 bits per heavy atom. The molecular formula is C15H20N2O. The molecule has 0 unspecified atom stereocenters. The van der Waals surface area contributed by atoms with Crippen molar-refractivity contribution in [3.8, 4) is 5.75 Å². The molecule has 0 radical (unpaired) electrons. The number of hydrogen-bond acceptors (Lipinski definition) is 2. The first kappa shape index (κ1) is 12.6. The highest BCUT2D eigenvalue weighted by atomic mass is 16.5. The van der Waals surface area contributed by atoms with Gasteiger partial charge in [0.2, 0.25) is 0 Å². The number of nitrogens with one attached hydrogen (secondary N) is 1. The molecule has 1 aromatic heterocycles. The third-order valence-corrected chi connectivity index (χ3v) is 2.88. The monoisotopic (exact) mass is 244 g/mol. The van der Waals surface area contributed by atoms with Crippen LogP contribution in [0.1, 0.15) is 19.5 Å². The van der Waals surface area contributed by atoms with Gasteiger partial charge < -0.3 is 14.6 Å². The van der Waals surface area contributed by atoms with Crippen LogP contribution < -0.4 is 10.1 Å². The molecular weight excluding hydrogens is 224 g/mol. The van der Waals surface area contributed by atoms with Gasteiger partial charge in [-0.2, -0.15) is 0 Å². The van der Waals surface area contributed by atoms with Gasteiger partial charge in [-0.3, -0.25) is 0 Å². The topological polar surface area (TPSA) is 26.2 Å². The number of nitrogens with zero attached hydrogens (tertiary/aromatic N) is 1. The second-order valence-electron chi connectivity index (χ2n) is 4.10. The maximum Gasteiger partial charge on any atom is 0.121 e. The molecule has 0 atom stereocenters. The molecule has 3 nitrogen and oxygen atoms in total. The number of benzene rings is 1. The van der Waals surface area contributed by atoms with Crippen molar-refractivity contribution < 1.29 is 4.74 Å². The van der Waals surface area contributed by atoms with Crippen LogP contribution >= 0.6 is 0 Å². The standard InChI is InChI=1S/C15H20N2O/c1-3-17-10-6-8-14(17)12-16-13-7-5-9-15(11-13)18-4-2/h5-11,16H,3-4,12H2,1-2H3. The summed E-state index contributed by atoms with van der Waals surface area (Å²) in [5.41, 5.74) is 2.38. The summed E-state index contributed by atoms with van der Waals surface area (Å²) in [5, 5.41) is 3.42. The van der Waals surface area contributed by atoms with Gasteiger partial charge in [0.1, 0.15) is 5.75 Å². The normalized spacial score (nSPS) is 10.3. The van der Waals surface area contributed by atoms with E-state index in [1.54, 1.807) is 0 Å². The highest BCUT2D eigenvalue weighted by Crippen LogP contribution is 2.18. The molecule has 2 rings (SSSR count). The Morgan fingerprint density at radius 1 is 1.17 bits per heavy atom. The lowest BCUT2D eigenvalue weighted by Crippen LogP contribution is -2.06. The van der Waals surface area contributed by atoms with E-state index in [1.807, 2.05) is 25.1 Å². The fraction of sp³-hybridized carbons (Fsp3) is 0.333. The van der Waals surface area contributed by atoms with Crippen molar-refractivity contribution in [2.24, 2.45) is 0 Å². The van der Waals surface area contributed by atoms with Crippen molar-refractivity contribution in [1.82, 2.24) is 4.57 Å². The molecule has 0 spiro atoms. The second kappa shape index (κ2) is 6.15. The molecule has 3 heteroatoms. The maximum atomic E-state index is 5.48. The zero-order valence-electron chi connectivity index (χ0n) is 11.0. The second-order valence-corrected chi connectivity index (χ2v) is 4.10. The molecule has 0 aliphatic heterocycles. The average Bonchev–Trinajstić information content (AvgIpc) is 2.84. The molecule has 0 aliphatic carbocycles. The molecule has 1 N–H and O–H groups in total. The van der Waals surface area contributed by atoms with Crippen LogP contribution in [-0.2, 0) is 13.1 Å². The molecule has 0 aliphatic rings. The molecule has 96 valence electrons. The predicted octanol–water partition coefficient (Wildman–Crippen LogP) is 3.52. The third kappa shape index (κ3) is 3.06. The predicted molar refractivity (Wildman–Crippen MR) is 75.0 cm³/mol. The summed E-state index contributed by atoms with van der Waals surface area (Å²) in [6, 6.07) is 12.3. The van der Waals surface area contributed by atoms with E-state index >= 15 is 0 Å². The van der Waals surface area contributed by atoms with Crippen LogP contribution in [0.2, 0.25) is 0 Å². The number of aryl methyl sites for hydroxylation is 1. The van der Waals surface area contributed by atoms with Crippen molar-refractivity contribution in [3.63, 3.8) is 0 Å². The quantitative estimate of drug-likeness (QED) is 0.841. The van der Waals surface area contributed by atoms with Crippen molar-refractivity contribution in [1.29, 1.82) is 0 Å². The van der Waals surface area contributed by atoms with E-state index in [1.165, 1.54) is 5.69 Å². The van der Waals surface area contributed by atoms with E-state index < -0.39 is 0 Å². The zero-order valence-corrected chi connectivity index (χ0v) is 11.0. The van der Waals surface area contributed by atoms with E-state index in [9.17, 15) is 0 Å². The lowest BCUT2D eigenvalue weighted by atomic mass is 10.3. The van der Waals surface area contributed by atoms with Crippen molar-refractivity contribution >= 4 is 5.69 Å². The molecule has 1 aromatic carbocycles. The summed E-state index contributed by atoms with van der Waals surface area (Å²) in [5.74, 6) is 0.911. The van der Waals surface area contributed by atoms with Gasteiger partial charge in [-0.05, 0) is 38.1 Å². The Bertz CT molecular complexity index is 491. The summed E-state index contributed by atoms with van der Waals surface area (Å²) in [6.07, 6.45) is 2.10. The summed E-state index contributed by atoms with van der Waals surface area (Å²) in [7, 11) is 0. The first-order valence-corrected chi connectivity index (χ1v) is 6.44. The molecule has 0 saturated carbocycles. The molecule has 2 aromatic rings. The maximum absolute atomic E-state index is 5.48. The smallest absolute Gasteiger partial charge is 0.121 e. The fourth-order valence-electron chi connectivity index (χ4n) is 1.97. The summed E-state index contributed by atoms with van der Waals surface area (Å²) in [6.45, 7) is 6.68. The minimum atomic E-state index is 0.697. The van der Waals surface area contributed by atoms with E-state index in [2.05, 4.69) is 41.2 Å². The highest BCUT2D eigenvalue weighted by molar-refractivity contribution is 5.48. The zero-order chi connectivity index (χ0) is 12.8. The fourth-order valence-corrected chi connectivity index (χ4v) is 1.97. The van der Waals surface area contributed by atoms with Crippen LogP contribution in [0, 0.1) is 0 Å².